The Balaban J connectivity index is 1.36. The highest BCUT2D eigenvalue weighted by molar-refractivity contribution is 5.99. The lowest BCUT2D eigenvalue weighted by molar-refractivity contribution is -0.134. The molecular formula is C34H38N6O7. The number of hydrogen-bond donors (Lipinski definition) is 7. The van der Waals surface area contributed by atoms with E-state index in [4.69, 9.17) is 4.74 Å². The van der Waals surface area contributed by atoms with Crippen molar-refractivity contribution in [2.75, 3.05) is 18.5 Å². The van der Waals surface area contributed by atoms with Gasteiger partial charge in [0.1, 0.15) is 24.2 Å². The number of aliphatic hydroxyl groups is 1. The van der Waals surface area contributed by atoms with Gasteiger partial charge in [0.2, 0.25) is 23.6 Å². The SMILES string of the molecule is CC(C)(NC(=O)[C@H](Cc1c[nH]c2ccccc12)NC(=O)OCc1ccccc1)C(=O)NCC(=O)N[C@@H](CO)C(=O)Nc1ccccc1. The molecule has 13 nitrogen and oxygen atoms in total. The molecule has 3 aromatic carbocycles. The zero-order valence-corrected chi connectivity index (χ0v) is 26.0. The van der Waals surface area contributed by atoms with Crippen LogP contribution >= 0.6 is 0 Å². The third kappa shape index (κ3) is 9.90. The van der Waals surface area contributed by atoms with Crippen molar-refractivity contribution in [3.05, 3.63) is 102 Å². The number of aliphatic hydroxyl groups excluding tert-OH is 1. The van der Waals surface area contributed by atoms with E-state index < -0.39 is 60.5 Å². The molecule has 2 atom stereocenters. The molecule has 0 bridgehead atoms. The summed E-state index contributed by atoms with van der Waals surface area (Å²) < 4.78 is 5.34. The number of benzene rings is 3. The van der Waals surface area contributed by atoms with E-state index in [-0.39, 0.29) is 13.0 Å². The second-order valence-corrected chi connectivity index (χ2v) is 11.3. The quantitative estimate of drug-likeness (QED) is 0.110. The number of alkyl carbamates (subject to hydrolysis) is 1. The third-order valence-corrected chi connectivity index (χ3v) is 7.21. The molecule has 0 fully saturated rings. The van der Waals surface area contributed by atoms with Crippen molar-refractivity contribution in [1.29, 1.82) is 0 Å². The zero-order chi connectivity index (χ0) is 33.8. The van der Waals surface area contributed by atoms with Gasteiger partial charge in [-0.2, -0.15) is 0 Å². The van der Waals surface area contributed by atoms with Crippen molar-refractivity contribution in [3.8, 4) is 0 Å². The average molecular weight is 643 g/mol. The topological polar surface area (TPSA) is 191 Å². The van der Waals surface area contributed by atoms with Crippen molar-refractivity contribution in [3.63, 3.8) is 0 Å². The van der Waals surface area contributed by atoms with Gasteiger partial charge in [0, 0.05) is 29.2 Å². The Bertz CT molecular complexity index is 1690. The van der Waals surface area contributed by atoms with Gasteiger partial charge >= 0.3 is 6.09 Å². The summed E-state index contributed by atoms with van der Waals surface area (Å²) in [7, 11) is 0. The predicted molar refractivity (Wildman–Crippen MR) is 175 cm³/mol. The van der Waals surface area contributed by atoms with Crippen LogP contribution in [0.2, 0.25) is 0 Å². The first-order valence-electron chi connectivity index (χ1n) is 14.9. The highest BCUT2D eigenvalue weighted by atomic mass is 16.5. The molecule has 0 aliphatic rings. The van der Waals surface area contributed by atoms with Gasteiger partial charge in [-0.1, -0.05) is 66.7 Å². The van der Waals surface area contributed by atoms with Gasteiger partial charge in [-0.05, 0) is 43.2 Å². The molecule has 7 N–H and O–H groups in total. The molecule has 5 amide bonds. The number of ether oxygens (including phenoxy) is 1. The van der Waals surface area contributed by atoms with Gasteiger partial charge in [0.05, 0.1) is 13.2 Å². The minimum absolute atomic E-state index is 0.00485. The molecule has 0 radical (unpaired) electrons. The second-order valence-electron chi connectivity index (χ2n) is 11.3. The Morgan fingerprint density at radius 3 is 2.19 bits per heavy atom. The molecular weight excluding hydrogens is 604 g/mol. The largest absolute Gasteiger partial charge is 0.445 e. The summed E-state index contributed by atoms with van der Waals surface area (Å²) in [6, 6.07) is 22.7. The molecule has 246 valence electrons. The monoisotopic (exact) mass is 642 g/mol. The van der Waals surface area contributed by atoms with Gasteiger partial charge in [-0.25, -0.2) is 4.79 Å². The molecule has 0 unspecified atom stereocenters. The van der Waals surface area contributed by atoms with E-state index in [9.17, 15) is 29.1 Å². The van der Waals surface area contributed by atoms with Crippen LogP contribution in [0.25, 0.3) is 10.9 Å². The number of rotatable bonds is 14. The molecule has 1 aromatic heterocycles. The molecule has 0 spiro atoms. The zero-order valence-electron chi connectivity index (χ0n) is 26.0. The highest BCUT2D eigenvalue weighted by Gasteiger charge is 2.34. The van der Waals surface area contributed by atoms with Crippen molar-refractivity contribution < 1.29 is 33.8 Å². The van der Waals surface area contributed by atoms with Crippen LogP contribution in [0, 0.1) is 0 Å². The first-order valence-corrected chi connectivity index (χ1v) is 14.9. The fraction of sp³-hybridized carbons (Fsp3) is 0.265. The number of fused-ring (bicyclic) bond motifs is 1. The van der Waals surface area contributed by atoms with Crippen LogP contribution in [0.5, 0.6) is 0 Å². The number of aromatic amines is 1. The van der Waals surface area contributed by atoms with E-state index in [2.05, 4.69) is 31.6 Å². The van der Waals surface area contributed by atoms with E-state index in [1.807, 2.05) is 42.5 Å². The lowest BCUT2D eigenvalue weighted by atomic mass is 10.0. The molecule has 4 aromatic rings. The lowest BCUT2D eigenvalue weighted by Gasteiger charge is -2.28. The normalized spacial score (nSPS) is 12.3. The van der Waals surface area contributed by atoms with Gasteiger partial charge in [0.15, 0.2) is 0 Å². The van der Waals surface area contributed by atoms with Crippen LogP contribution in [0.15, 0.2) is 91.1 Å². The fourth-order valence-electron chi connectivity index (χ4n) is 4.66. The Labute approximate surface area is 271 Å². The van der Waals surface area contributed by atoms with Crippen molar-refractivity contribution >= 4 is 46.3 Å². The lowest BCUT2D eigenvalue weighted by Crippen LogP contribution is -2.60. The van der Waals surface area contributed by atoms with Crippen molar-refractivity contribution in [2.24, 2.45) is 0 Å². The Hall–Kier alpha value is -5.69. The van der Waals surface area contributed by atoms with E-state index in [0.717, 1.165) is 22.0 Å². The summed E-state index contributed by atoms with van der Waals surface area (Å²) in [5, 5.41) is 23.2. The van der Waals surface area contributed by atoms with Crippen LogP contribution in [0.3, 0.4) is 0 Å². The minimum Gasteiger partial charge on any atom is -0.445 e. The van der Waals surface area contributed by atoms with Crippen molar-refractivity contribution in [1.82, 2.24) is 26.3 Å². The van der Waals surface area contributed by atoms with Crippen LogP contribution in [-0.4, -0.2) is 70.6 Å². The average Bonchev–Trinajstić information content (AvgIpc) is 3.48. The summed E-state index contributed by atoms with van der Waals surface area (Å²) in [6.07, 6.45) is 1.02. The number of aromatic nitrogens is 1. The summed E-state index contributed by atoms with van der Waals surface area (Å²) >= 11 is 0. The number of carbonyl (C=O) groups is 5. The van der Waals surface area contributed by atoms with Gasteiger partial charge in [0.25, 0.3) is 0 Å². The number of nitrogens with one attached hydrogen (secondary N) is 6. The number of anilines is 1. The maximum atomic E-state index is 13.6. The van der Waals surface area contributed by atoms with Crippen LogP contribution in [0.4, 0.5) is 10.5 Å². The molecule has 0 saturated carbocycles. The summed E-state index contributed by atoms with van der Waals surface area (Å²) in [6.45, 7) is 1.68. The number of para-hydroxylation sites is 2. The third-order valence-electron chi connectivity index (χ3n) is 7.21. The Morgan fingerprint density at radius 1 is 0.830 bits per heavy atom. The van der Waals surface area contributed by atoms with Gasteiger partial charge in [-0.3, -0.25) is 19.2 Å². The molecule has 0 saturated heterocycles. The standard InChI is InChI=1S/C34H38N6O7/c1-34(2,32(45)36-19-29(42)38-28(20-41)30(43)37-24-13-7-4-8-14-24)40-31(44)27(17-23-18-35-26-16-10-9-15-25(23)26)39-33(46)47-21-22-11-5-3-6-12-22/h3-16,18,27-28,35,41H,17,19-21H2,1-2H3,(H,36,45)(H,37,43)(H,38,42)(H,39,46)(H,40,44)/t27-,28-/m0/s1. The molecule has 13 heteroatoms. The van der Waals surface area contributed by atoms with Gasteiger partial charge < -0.3 is 41.4 Å². The number of H-pyrrole nitrogens is 1. The first kappa shape index (κ1) is 34.2. The minimum atomic E-state index is -1.52. The number of amides is 5. The maximum absolute atomic E-state index is 13.6. The van der Waals surface area contributed by atoms with Crippen LogP contribution in [0.1, 0.15) is 25.0 Å². The molecule has 0 aliphatic carbocycles. The van der Waals surface area contributed by atoms with E-state index in [1.165, 1.54) is 13.8 Å². The highest BCUT2D eigenvalue weighted by Crippen LogP contribution is 2.20. The fourth-order valence-corrected chi connectivity index (χ4v) is 4.66. The molecule has 0 aliphatic heterocycles. The summed E-state index contributed by atoms with van der Waals surface area (Å²) in [4.78, 5) is 67.6. The molecule has 47 heavy (non-hydrogen) atoms. The van der Waals surface area contributed by atoms with Crippen molar-refractivity contribution in [2.45, 2.75) is 44.5 Å². The van der Waals surface area contributed by atoms with E-state index in [1.54, 1.807) is 48.7 Å². The summed E-state index contributed by atoms with van der Waals surface area (Å²) in [5.41, 5.74) is 1.35. The molecule has 1 heterocycles. The smallest absolute Gasteiger partial charge is 0.408 e. The van der Waals surface area contributed by atoms with Crippen LogP contribution in [-0.2, 0) is 36.9 Å². The predicted octanol–water partition coefficient (Wildman–Crippen LogP) is 2.13. The van der Waals surface area contributed by atoms with Crippen LogP contribution < -0.4 is 26.6 Å². The Kier molecular flexibility index (Phi) is 11.7. The number of hydrogen-bond acceptors (Lipinski definition) is 7. The number of carbonyl (C=O) groups excluding carboxylic acids is 5. The van der Waals surface area contributed by atoms with E-state index >= 15 is 0 Å². The Morgan fingerprint density at radius 2 is 1.49 bits per heavy atom. The maximum Gasteiger partial charge on any atom is 0.408 e. The van der Waals surface area contributed by atoms with Gasteiger partial charge in [-0.15, -0.1) is 0 Å². The second kappa shape index (κ2) is 16.0. The first-order chi connectivity index (χ1) is 22.6. The van der Waals surface area contributed by atoms with E-state index in [0.29, 0.717) is 5.69 Å². The summed E-state index contributed by atoms with van der Waals surface area (Å²) in [5.74, 6) is -2.73. The molecule has 4 rings (SSSR count).